The monoisotopic (exact) mass is 231 g/mol. The lowest BCUT2D eigenvalue weighted by Crippen LogP contribution is -2.20. The van der Waals surface area contributed by atoms with Crippen LogP contribution in [0.3, 0.4) is 0 Å². The first-order valence-electron chi connectivity index (χ1n) is 6.91. The van der Waals surface area contributed by atoms with E-state index in [1.54, 1.807) is 0 Å². The van der Waals surface area contributed by atoms with E-state index in [4.69, 9.17) is 0 Å². The van der Waals surface area contributed by atoms with E-state index >= 15 is 0 Å². The molecule has 0 amide bonds. The molecular formula is C16H25N. The second-order valence-corrected chi connectivity index (χ2v) is 6.23. The molecule has 0 saturated carbocycles. The third-order valence-electron chi connectivity index (χ3n) is 3.74. The third kappa shape index (κ3) is 3.32. The van der Waals surface area contributed by atoms with Gasteiger partial charge in [-0.15, -0.1) is 0 Å². The lowest BCUT2D eigenvalue weighted by atomic mass is 9.86. The largest absolute Gasteiger partial charge is 0.310 e. The molecule has 2 rings (SSSR count). The van der Waals surface area contributed by atoms with Crippen molar-refractivity contribution in [3.8, 4) is 0 Å². The fourth-order valence-corrected chi connectivity index (χ4v) is 2.53. The Morgan fingerprint density at radius 3 is 2.35 bits per heavy atom. The average molecular weight is 231 g/mol. The van der Waals surface area contributed by atoms with Crippen LogP contribution < -0.4 is 5.32 Å². The van der Waals surface area contributed by atoms with Gasteiger partial charge in [0.15, 0.2) is 0 Å². The lowest BCUT2D eigenvalue weighted by Gasteiger charge is -2.21. The van der Waals surface area contributed by atoms with Gasteiger partial charge < -0.3 is 5.32 Å². The Morgan fingerprint density at radius 2 is 1.71 bits per heavy atom. The van der Waals surface area contributed by atoms with Crippen molar-refractivity contribution in [2.45, 2.75) is 57.9 Å². The van der Waals surface area contributed by atoms with Crippen molar-refractivity contribution in [3.63, 3.8) is 0 Å². The van der Waals surface area contributed by atoms with E-state index in [2.05, 4.69) is 50.4 Å². The quantitative estimate of drug-likeness (QED) is 0.764. The summed E-state index contributed by atoms with van der Waals surface area (Å²) in [6.07, 6.45) is 5.35. The zero-order valence-electron chi connectivity index (χ0n) is 11.4. The van der Waals surface area contributed by atoms with Gasteiger partial charge in [0.1, 0.15) is 0 Å². The van der Waals surface area contributed by atoms with Crippen molar-refractivity contribution in [1.82, 2.24) is 5.32 Å². The first-order valence-corrected chi connectivity index (χ1v) is 6.91. The van der Waals surface area contributed by atoms with Crippen LogP contribution in [0.4, 0.5) is 0 Å². The van der Waals surface area contributed by atoms with E-state index in [1.807, 2.05) is 0 Å². The van der Waals surface area contributed by atoms with Crippen LogP contribution in [0.5, 0.6) is 0 Å². The van der Waals surface area contributed by atoms with E-state index in [0.29, 0.717) is 6.04 Å². The molecule has 0 aliphatic carbocycles. The van der Waals surface area contributed by atoms with E-state index in [-0.39, 0.29) is 5.41 Å². The molecule has 0 bridgehead atoms. The van der Waals surface area contributed by atoms with Gasteiger partial charge in [0, 0.05) is 6.04 Å². The Balaban J connectivity index is 2.11. The molecule has 0 unspecified atom stereocenters. The molecule has 0 aromatic heterocycles. The minimum Gasteiger partial charge on any atom is -0.310 e. The van der Waals surface area contributed by atoms with Crippen molar-refractivity contribution in [1.29, 1.82) is 0 Å². The molecule has 1 saturated heterocycles. The van der Waals surface area contributed by atoms with Crippen molar-refractivity contribution in [2.24, 2.45) is 0 Å². The Hall–Kier alpha value is -0.820. The molecule has 94 valence electrons. The van der Waals surface area contributed by atoms with Gasteiger partial charge in [0.05, 0.1) is 0 Å². The van der Waals surface area contributed by atoms with Gasteiger partial charge in [0.25, 0.3) is 0 Å². The molecule has 1 atom stereocenters. The molecule has 0 radical (unpaired) electrons. The van der Waals surface area contributed by atoms with Gasteiger partial charge in [-0.05, 0) is 35.9 Å². The molecule has 1 N–H and O–H groups in total. The molecule has 1 heterocycles. The Bertz CT molecular complexity index is 337. The predicted molar refractivity (Wildman–Crippen MR) is 74.4 cm³/mol. The van der Waals surface area contributed by atoms with Crippen molar-refractivity contribution in [2.75, 3.05) is 6.54 Å². The molecule has 0 spiro atoms. The zero-order valence-corrected chi connectivity index (χ0v) is 11.4. The van der Waals surface area contributed by atoms with E-state index in [9.17, 15) is 0 Å². The molecule has 17 heavy (non-hydrogen) atoms. The van der Waals surface area contributed by atoms with Gasteiger partial charge in [-0.25, -0.2) is 0 Å². The molecule has 1 aliphatic rings. The summed E-state index contributed by atoms with van der Waals surface area (Å²) in [6.45, 7) is 7.98. The van der Waals surface area contributed by atoms with Gasteiger partial charge in [0.2, 0.25) is 0 Å². The van der Waals surface area contributed by atoms with Gasteiger partial charge in [-0.1, -0.05) is 57.9 Å². The standard InChI is InChI=1S/C16H25N/c1-16(2,3)14-10-8-13(9-11-14)15-7-5-4-6-12-17-15/h8-11,15,17H,4-7,12H2,1-3H3/t15-/m1/s1. The Labute approximate surface area is 106 Å². The minimum absolute atomic E-state index is 0.259. The summed E-state index contributed by atoms with van der Waals surface area (Å²) in [7, 11) is 0. The van der Waals surface area contributed by atoms with Crippen LogP contribution in [0.2, 0.25) is 0 Å². The normalized spacial score (nSPS) is 22.2. The number of benzene rings is 1. The number of rotatable bonds is 1. The summed E-state index contributed by atoms with van der Waals surface area (Å²) in [5.74, 6) is 0. The van der Waals surface area contributed by atoms with Crippen LogP contribution >= 0.6 is 0 Å². The maximum Gasteiger partial charge on any atom is 0.0320 e. The van der Waals surface area contributed by atoms with Crippen LogP contribution in [0.15, 0.2) is 24.3 Å². The maximum absolute atomic E-state index is 3.66. The molecule has 1 heteroatoms. The van der Waals surface area contributed by atoms with E-state index in [1.165, 1.54) is 43.4 Å². The summed E-state index contributed by atoms with van der Waals surface area (Å²) >= 11 is 0. The van der Waals surface area contributed by atoms with Crippen molar-refractivity contribution in [3.05, 3.63) is 35.4 Å². The summed E-state index contributed by atoms with van der Waals surface area (Å²) in [4.78, 5) is 0. The summed E-state index contributed by atoms with van der Waals surface area (Å²) in [6, 6.07) is 9.78. The molecular weight excluding hydrogens is 206 g/mol. The fourth-order valence-electron chi connectivity index (χ4n) is 2.53. The van der Waals surface area contributed by atoms with Gasteiger partial charge in [-0.2, -0.15) is 0 Å². The molecule has 1 aromatic rings. The van der Waals surface area contributed by atoms with Crippen LogP contribution in [0, 0.1) is 0 Å². The van der Waals surface area contributed by atoms with Crippen molar-refractivity contribution < 1.29 is 0 Å². The van der Waals surface area contributed by atoms with Crippen LogP contribution in [-0.2, 0) is 5.41 Å². The van der Waals surface area contributed by atoms with Crippen LogP contribution in [0.25, 0.3) is 0 Å². The lowest BCUT2D eigenvalue weighted by molar-refractivity contribution is 0.533. The topological polar surface area (TPSA) is 12.0 Å². The number of hydrogen-bond donors (Lipinski definition) is 1. The first-order chi connectivity index (χ1) is 8.07. The summed E-state index contributed by atoms with van der Waals surface area (Å²) in [5, 5.41) is 3.66. The highest BCUT2D eigenvalue weighted by atomic mass is 14.9. The van der Waals surface area contributed by atoms with Crippen molar-refractivity contribution >= 4 is 0 Å². The van der Waals surface area contributed by atoms with Crippen LogP contribution in [0.1, 0.15) is 63.6 Å². The Kier molecular flexibility index (Phi) is 3.88. The van der Waals surface area contributed by atoms with Crippen LogP contribution in [-0.4, -0.2) is 6.54 Å². The highest BCUT2D eigenvalue weighted by molar-refractivity contribution is 5.29. The maximum atomic E-state index is 3.66. The smallest absolute Gasteiger partial charge is 0.0320 e. The molecule has 1 fully saturated rings. The summed E-state index contributed by atoms with van der Waals surface area (Å²) in [5.41, 5.74) is 3.14. The van der Waals surface area contributed by atoms with Gasteiger partial charge in [-0.3, -0.25) is 0 Å². The Morgan fingerprint density at radius 1 is 1.00 bits per heavy atom. The second-order valence-electron chi connectivity index (χ2n) is 6.23. The molecule has 1 aliphatic heterocycles. The second kappa shape index (κ2) is 5.22. The number of nitrogens with one attached hydrogen (secondary N) is 1. The fraction of sp³-hybridized carbons (Fsp3) is 0.625. The number of hydrogen-bond acceptors (Lipinski definition) is 1. The molecule has 1 aromatic carbocycles. The average Bonchev–Trinajstić information content (AvgIpc) is 2.56. The minimum atomic E-state index is 0.259. The first kappa shape index (κ1) is 12.6. The van der Waals surface area contributed by atoms with E-state index < -0.39 is 0 Å². The third-order valence-corrected chi connectivity index (χ3v) is 3.74. The zero-order chi connectivity index (χ0) is 12.3. The van der Waals surface area contributed by atoms with E-state index in [0.717, 1.165) is 0 Å². The van der Waals surface area contributed by atoms with Gasteiger partial charge >= 0.3 is 0 Å². The predicted octanol–water partition coefficient (Wildman–Crippen LogP) is 4.19. The SMILES string of the molecule is CC(C)(C)c1ccc([C@H]2CCCCCN2)cc1. The molecule has 1 nitrogen and oxygen atoms in total. The summed E-state index contributed by atoms with van der Waals surface area (Å²) < 4.78 is 0. The highest BCUT2D eigenvalue weighted by Crippen LogP contribution is 2.26. The highest BCUT2D eigenvalue weighted by Gasteiger charge is 2.16.